The van der Waals surface area contributed by atoms with Crippen molar-refractivity contribution in [2.45, 2.75) is 19.0 Å². The van der Waals surface area contributed by atoms with Crippen molar-refractivity contribution in [3.63, 3.8) is 0 Å². The van der Waals surface area contributed by atoms with E-state index in [-0.39, 0.29) is 12.3 Å². The predicted molar refractivity (Wildman–Crippen MR) is 90.1 cm³/mol. The first-order valence-corrected chi connectivity index (χ1v) is 8.33. The molecule has 3 rings (SSSR count). The first-order chi connectivity index (χ1) is 11.4. The molecule has 0 atom stereocenters. The number of ether oxygens (including phenoxy) is 1. The van der Waals surface area contributed by atoms with Gasteiger partial charge in [-0.3, -0.25) is 4.79 Å². The minimum Gasteiger partial charge on any atom is -0.489 e. The maximum atomic E-state index is 12.9. The lowest BCUT2D eigenvalue weighted by molar-refractivity contribution is -0.165. The molecule has 1 heterocycles. The Labute approximate surface area is 147 Å². The van der Waals surface area contributed by atoms with Gasteiger partial charge >= 0.3 is 0 Å². The highest BCUT2D eigenvalue weighted by atomic mass is 79.9. The van der Waals surface area contributed by atoms with Crippen molar-refractivity contribution in [2.24, 2.45) is 0 Å². The summed E-state index contributed by atoms with van der Waals surface area (Å²) in [6, 6.07) is 15.1. The summed E-state index contributed by atoms with van der Waals surface area (Å²) in [7, 11) is 0. The molecule has 0 radical (unpaired) electrons. The molecule has 2 aromatic carbocycles. The van der Waals surface area contributed by atoms with Crippen LogP contribution in [0.15, 0.2) is 53.0 Å². The third-order valence-electron chi connectivity index (χ3n) is 3.80. The Kier molecular flexibility index (Phi) is 4.85. The largest absolute Gasteiger partial charge is 0.489 e. The summed E-state index contributed by atoms with van der Waals surface area (Å²) in [5.74, 6) is -2.48. The van der Waals surface area contributed by atoms with Gasteiger partial charge in [0, 0.05) is 10.0 Å². The lowest BCUT2D eigenvalue weighted by Gasteiger charge is -2.38. The van der Waals surface area contributed by atoms with Gasteiger partial charge in [-0.2, -0.15) is 0 Å². The van der Waals surface area contributed by atoms with Crippen molar-refractivity contribution in [1.29, 1.82) is 0 Å². The minimum atomic E-state index is -2.75. The fraction of sp³-hybridized carbons (Fsp3) is 0.278. The first kappa shape index (κ1) is 16.9. The second-order valence-electron chi connectivity index (χ2n) is 5.81. The van der Waals surface area contributed by atoms with Gasteiger partial charge < -0.3 is 9.64 Å². The van der Waals surface area contributed by atoms with Gasteiger partial charge in [0.05, 0.1) is 19.5 Å². The van der Waals surface area contributed by atoms with Crippen molar-refractivity contribution < 1.29 is 18.3 Å². The summed E-state index contributed by atoms with van der Waals surface area (Å²) in [6.07, 6.45) is 0.0413. The van der Waals surface area contributed by atoms with Crippen LogP contribution in [0.1, 0.15) is 11.1 Å². The van der Waals surface area contributed by atoms with Crippen molar-refractivity contribution in [1.82, 2.24) is 4.90 Å². The number of alkyl halides is 2. The normalized spacial score (nSPS) is 15.7. The predicted octanol–water partition coefficient (Wildman–Crippen LogP) is 4.05. The number of amides is 1. The van der Waals surface area contributed by atoms with E-state index in [4.69, 9.17) is 4.74 Å². The Morgan fingerprint density at radius 2 is 1.88 bits per heavy atom. The van der Waals surface area contributed by atoms with E-state index in [1.165, 1.54) is 4.90 Å². The second-order valence-corrected chi connectivity index (χ2v) is 6.72. The summed E-state index contributed by atoms with van der Waals surface area (Å²) in [5, 5.41) is 0. The van der Waals surface area contributed by atoms with Crippen LogP contribution in [0.3, 0.4) is 0 Å². The van der Waals surface area contributed by atoms with Crippen molar-refractivity contribution >= 4 is 21.8 Å². The zero-order valence-corrected chi connectivity index (χ0v) is 14.4. The molecule has 1 fully saturated rings. The van der Waals surface area contributed by atoms with E-state index in [9.17, 15) is 13.6 Å². The van der Waals surface area contributed by atoms with Crippen LogP contribution in [-0.4, -0.2) is 29.8 Å². The molecule has 24 heavy (non-hydrogen) atoms. The molecule has 0 bridgehead atoms. The third-order valence-corrected chi connectivity index (χ3v) is 4.29. The maximum absolute atomic E-state index is 12.9. The SMILES string of the molecule is O=C(Cc1cc(Br)ccc1OCc1ccccc1)N1CC(F)(F)C1. The highest BCUT2D eigenvalue weighted by Gasteiger charge is 2.46. The van der Waals surface area contributed by atoms with Gasteiger partial charge in [-0.05, 0) is 23.8 Å². The van der Waals surface area contributed by atoms with E-state index in [1.807, 2.05) is 36.4 Å². The number of hydrogen-bond acceptors (Lipinski definition) is 2. The van der Waals surface area contributed by atoms with E-state index in [0.717, 1.165) is 10.0 Å². The fourth-order valence-corrected chi connectivity index (χ4v) is 2.93. The summed E-state index contributed by atoms with van der Waals surface area (Å²) >= 11 is 3.37. The van der Waals surface area contributed by atoms with Gasteiger partial charge in [0.2, 0.25) is 5.91 Å². The quantitative estimate of drug-likeness (QED) is 0.764. The second kappa shape index (κ2) is 6.89. The van der Waals surface area contributed by atoms with Gasteiger partial charge in [0.25, 0.3) is 5.92 Å². The molecule has 6 heteroatoms. The minimum absolute atomic E-state index is 0.0413. The van der Waals surface area contributed by atoms with Crippen LogP contribution in [0.5, 0.6) is 5.75 Å². The molecule has 0 aliphatic carbocycles. The van der Waals surface area contributed by atoms with Crippen LogP contribution in [0.4, 0.5) is 8.78 Å². The number of rotatable bonds is 5. The molecule has 2 aromatic rings. The Hall–Kier alpha value is -1.95. The third kappa shape index (κ3) is 4.12. The van der Waals surface area contributed by atoms with E-state index in [0.29, 0.717) is 17.9 Å². The number of carbonyl (C=O) groups excluding carboxylic acids is 1. The summed E-state index contributed by atoms with van der Waals surface area (Å²) in [6.45, 7) is -0.620. The van der Waals surface area contributed by atoms with E-state index < -0.39 is 19.0 Å². The van der Waals surface area contributed by atoms with Crippen LogP contribution >= 0.6 is 15.9 Å². The Morgan fingerprint density at radius 3 is 2.54 bits per heavy atom. The summed E-state index contributed by atoms with van der Waals surface area (Å²) in [4.78, 5) is 13.3. The molecule has 1 aliphatic rings. The average Bonchev–Trinajstić information content (AvgIpc) is 2.52. The molecule has 1 aliphatic heterocycles. The number of likely N-dealkylation sites (tertiary alicyclic amines) is 1. The molecule has 126 valence electrons. The zero-order valence-electron chi connectivity index (χ0n) is 12.8. The summed E-state index contributed by atoms with van der Waals surface area (Å²) in [5.41, 5.74) is 1.70. The lowest BCUT2D eigenvalue weighted by atomic mass is 10.1. The standard InChI is InChI=1S/C18H16BrF2NO2/c19-15-6-7-16(24-10-13-4-2-1-3-5-13)14(8-15)9-17(23)22-11-18(20,21)12-22/h1-8H,9-12H2. The number of benzene rings is 2. The molecular weight excluding hydrogens is 380 g/mol. The molecule has 1 amide bonds. The summed E-state index contributed by atoms with van der Waals surface area (Å²) < 4.78 is 32.4. The molecule has 0 unspecified atom stereocenters. The zero-order chi connectivity index (χ0) is 17.2. The van der Waals surface area contributed by atoms with E-state index in [2.05, 4.69) is 15.9 Å². The Bertz CT molecular complexity index is 729. The molecule has 0 N–H and O–H groups in total. The average molecular weight is 396 g/mol. The van der Waals surface area contributed by atoms with Crippen LogP contribution in [0.25, 0.3) is 0 Å². The Morgan fingerprint density at radius 1 is 1.17 bits per heavy atom. The van der Waals surface area contributed by atoms with Gasteiger partial charge in [-0.15, -0.1) is 0 Å². The molecule has 0 spiro atoms. The van der Waals surface area contributed by atoms with E-state index in [1.54, 1.807) is 12.1 Å². The van der Waals surface area contributed by atoms with Crippen molar-refractivity contribution in [3.05, 3.63) is 64.1 Å². The van der Waals surface area contributed by atoms with Crippen LogP contribution < -0.4 is 4.74 Å². The highest BCUT2D eigenvalue weighted by Crippen LogP contribution is 2.29. The smallest absolute Gasteiger partial charge is 0.282 e. The molecular formula is C18H16BrF2NO2. The number of carbonyl (C=O) groups is 1. The maximum Gasteiger partial charge on any atom is 0.282 e. The van der Waals surface area contributed by atoms with Crippen molar-refractivity contribution in [3.8, 4) is 5.75 Å². The van der Waals surface area contributed by atoms with Crippen molar-refractivity contribution in [2.75, 3.05) is 13.1 Å². The van der Waals surface area contributed by atoms with Gasteiger partial charge in [0.15, 0.2) is 0 Å². The van der Waals surface area contributed by atoms with Crippen LogP contribution in [-0.2, 0) is 17.8 Å². The fourth-order valence-electron chi connectivity index (χ4n) is 2.53. The van der Waals surface area contributed by atoms with Gasteiger partial charge in [-0.1, -0.05) is 46.3 Å². The monoisotopic (exact) mass is 395 g/mol. The highest BCUT2D eigenvalue weighted by molar-refractivity contribution is 9.10. The lowest BCUT2D eigenvalue weighted by Crippen LogP contribution is -2.58. The van der Waals surface area contributed by atoms with Crippen LogP contribution in [0.2, 0.25) is 0 Å². The van der Waals surface area contributed by atoms with Gasteiger partial charge in [0.1, 0.15) is 12.4 Å². The molecule has 1 saturated heterocycles. The number of halogens is 3. The number of hydrogen-bond donors (Lipinski definition) is 0. The first-order valence-electron chi connectivity index (χ1n) is 7.54. The molecule has 3 nitrogen and oxygen atoms in total. The Balaban J connectivity index is 1.68. The molecule has 0 aromatic heterocycles. The topological polar surface area (TPSA) is 29.5 Å². The molecule has 0 saturated carbocycles. The number of nitrogens with zero attached hydrogens (tertiary/aromatic N) is 1. The van der Waals surface area contributed by atoms with E-state index >= 15 is 0 Å². The van der Waals surface area contributed by atoms with Gasteiger partial charge in [-0.25, -0.2) is 8.78 Å². The van der Waals surface area contributed by atoms with Crippen LogP contribution in [0, 0.1) is 0 Å².